The molecule has 6 nitrogen and oxygen atoms in total. The van der Waals surface area contributed by atoms with Crippen molar-refractivity contribution in [2.75, 3.05) is 6.61 Å². The Bertz CT molecular complexity index is 1090. The SMILES string of the molecule is CCCC[C@H]1OB(O)C[C@H]2C1=C(COc1ccccc1)C[C@H]1C(=O)N(Cc3ccccc3)C(=O)[C@H]12. The Balaban J connectivity index is 1.47. The van der Waals surface area contributed by atoms with Gasteiger partial charge in [-0.1, -0.05) is 68.3 Å². The van der Waals surface area contributed by atoms with Crippen LogP contribution < -0.4 is 4.74 Å². The average Bonchev–Trinajstić information content (AvgIpc) is 3.11. The number of hydrogen-bond donors (Lipinski definition) is 1. The summed E-state index contributed by atoms with van der Waals surface area (Å²) in [6.45, 7) is 2.76. The van der Waals surface area contributed by atoms with E-state index in [9.17, 15) is 14.6 Å². The Kier molecular flexibility index (Phi) is 7.07. The number of amides is 2. The normalized spacial score (nSPS) is 26.1. The van der Waals surface area contributed by atoms with Crippen LogP contribution in [0, 0.1) is 17.8 Å². The number of carbonyl (C=O) groups excluding carboxylic acids is 2. The number of para-hydroxylation sites is 1. The van der Waals surface area contributed by atoms with Gasteiger partial charge >= 0.3 is 7.12 Å². The molecule has 2 amide bonds. The highest BCUT2D eigenvalue weighted by molar-refractivity contribution is 6.43. The number of carbonyl (C=O) groups is 2. The van der Waals surface area contributed by atoms with E-state index in [0.29, 0.717) is 19.3 Å². The average molecular weight is 473 g/mol. The van der Waals surface area contributed by atoms with Crippen LogP contribution in [0.1, 0.15) is 38.2 Å². The Labute approximate surface area is 207 Å². The first-order valence-electron chi connectivity index (χ1n) is 12.7. The minimum atomic E-state index is -0.938. The van der Waals surface area contributed by atoms with E-state index in [1.807, 2.05) is 60.7 Å². The van der Waals surface area contributed by atoms with Crippen molar-refractivity contribution in [2.24, 2.45) is 17.8 Å². The van der Waals surface area contributed by atoms with Gasteiger partial charge < -0.3 is 14.4 Å². The molecule has 0 aromatic heterocycles. The van der Waals surface area contributed by atoms with Crippen LogP contribution in [-0.4, -0.2) is 41.6 Å². The first-order valence-corrected chi connectivity index (χ1v) is 12.7. The lowest BCUT2D eigenvalue weighted by Crippen LogP contribution is -2.46. The minimum Gasteiger partial charge on any atom is -0.489 e. The Morgan fingerprint density at radius 2 is 1.74 bits per heavy atom. The second-order valence-corrected chi connectivity index (χ2v) is 9.81. The van der Waals surface area contributed by atoms with Crippen molar-refractivity contribution in [3.63, 3.8) is 0 Å². The zero-order chi connectivity index (χ0) is 24.4. The Hall–Kier alpha value is -2.90. The Morgan fingerprint density at radius 1 is 1.03 bits per heavy atom. The summed E-state index contributed by atoms with van der Waals surface area (Å²) in [6, 6.07) is 19.2. The van der Waals surface area contributed by atoms with Gasteiger partial charge in [0.05, 0.1) is 24.5 Å². The summed E-state index contributed by atoms with van der Waals surface area (Å²) in [5.74, 6) is -0.577. The third-order valence-corrected chi connectivity index (χ3v) is 7.56. The van der Waals surface area contributed by atoms with Crippen molar-refractivity contribution in [2.45, 2.75) is 51.6 Å². The van der Waals surface area contributed by atoms with E-state index in [0.717, 1.165) is 41.7 Å². The van der Waals surface area contributed by atoms with E-state index in [4.69, 9.17) is 9.39 Å². The van der Waals surface area contributed by atoms with E-state index < -0.39 is 19.0 Å². The molecule has 2 aromatic carbocycles. The monoisotopic (exact) mass is 473 g/mol. The zero-order valence-corrected chi connectivity index (χ0v) is 20.1. The van der Waals surface area contributed by atoms with E-state index in [1.165, 1.54) is 4.90 Å². The van der Waals surface area contributed by atoms with Crippen LogP contribution in [0.25, 0.3) is 0 Å². The number of benzene rings is 2. The van der Waals surface area contributed by atoms with Crippen LogP contribution in [0.15, 0.2) is 71.8 Å². The van der Waals surface area contributed by atoms with E-state index in [1.54, 1.807) is 0 Å². The van der Waals surface area contributed by atoms with Gasteiger partial charge in [-0.3, -0.25) is 14.5 Å². The lowest BCUT2D eigenvalue weighted by molar-refractivity contribution is -0.140. The number of rotatable bonds is 8. The predicted octanol–water partition coefficient (Wildman–Crippen LogP) is 4.25. The number of likely N-dealkylation sites (tertiary alicyclic amines) is 1. The maximum absolute atomic E-state index is 13.7. The Morgan fingerprint density at radius 3 is 2.46 bits per heavy atom. The highest BCUT2D eigenvalue weighted by Crippen LogP contribution is 2.50. The topological polar surface area (TPSA) is 76.1 Å². The molecule has 5 rings (SSSR count). The summed E-state index contributed by atoms with van der Waals surface area (Å²) in [6.07, 6.45) is 3.30. The number of imide groups is 1. The molecule has 2 aromatic rings. The molecule has 2 fully saturated rings. The van der Waals surface area contributed by atoms with Gasteiger partial charge in [0.2, 0.25) is 11.8 Å². The molecular weight excluding hydrogens is 441 g/mol. The molecule has 2 aliphatic heterocycles. The minimum absolute atomic E-state index is 0.119. The van der Waals surface area contributed by atoms with Gasteiger partial charge in [0.1, 0.15) is 12.4 Å². The third-order valence-electron chi connectivity index (χ3n) is 7.56. The summed E-state index contributed by atoms with van der Waals surface area (Å²) < 4.78 is 12.1. The molecule has 2 saturated heterocycles. The third kappa shape index (κ3) is 4.80. The molecule has 0 bridgehead atoms. The maximum atomic E-state index is 13.7. The maximum Gasteiger partial charge on any atom is 0.455 e. The number of unbranched alkanes of at least 4 members (excludes halogenated alkanes) is 1. The van der Waals surface area contributed by atoms with Crippen LogP contribution in [0.4, 0.5) is 0 Å². The fraction of sp³-hybridized carbons (Fsp3) is 0.429. The van der Waals surface area contributed by atoms with Crippen LogP contribution in [-0.2, 0) is 20.8 Å². The molecule has 0 radical (unpaired) electrons. The van der Waals surface area contributed by atoms with Gasteiger partial charge in [0.25, 0.3) is 0 Å². The van der Waals surface area contributed by atoms with Crippen LogP contribution in [0.3, 0.4) is 0 Å². The second-order valence-electron chi connectivity index (χ2n) is 9.81. The number of ether oxygens (including phenoxy) is 1. The molecule has 4 atom stereocenters. The first-order chi connectivity index (χ1) is 17.1. The van der Waals surface area contributed by atoms with E-state index in [2.05, 4.69) is 6.92 Å². The van der Waals surface area contributed by atoms with Crippen molar-refractivity contribution in [3.05, 3.63) is 77.4 Å². The second kappa shape index (κ2) is 10.4. The van der Waals surface area contributed by atoms with Crippen molar-refractivity contribution in [1.29, 1.82) is 0 Å². The highest BCUT2D eigenvalue weighted by atomic mass is 16.5. The van der Waals surface area contributed by atoms with Gasteiger partial charge in [-0.15, -0.1) is 0 Å². The van der Waals surface area contributed by atoms with Gasteiger partial charge in [-0.2, -0.15) is 0 Å². The van der Waals surface area contributed by atoms with Crippen molar-refractivity contribution < 1.29 is 24.0 Å². The molecule has 0 saturated carbocycles. The van der Waals surface area contributed by atoms with Gasteiger partial charge in [0.15, 0.2) is 0 Å². The molecule has 2 heterocycles. The van der Waals surface area contributed by atoms with E-state index >= 15 is 0 Å². The van der Waals surface area contributed by atoms with Crippen molar-refractivity contribution >= 4 is 18.9 Å². The standard InChI is InChI=1S/C28H32BNO5/c1-2-3-14-24-25-20(18-34-21-12-8-5-9-13-21)15-22-26(23(25)16-29(33)35-24)28(32)30(27(22)31)17-19-10-6-4-7-11-19/h4-13,22-24,26,33H,2-3,14-18H2,1H3/t22-,23+,24-,26-/m1/s1. The quantitative estimate of drug-likeness (QED) is 0.353. The van der Waals surface area contributed by atoms with Crippen LogP contribution in [0.5, 0.6) is 5.75 Å². The molecule has 1 aliphatic carbocycles. The van der Waals surface area contributed by atoms with Crippen LogP contribution in [0.2, 0.25) is 6.32 Å². The van der Waals surface area contributed by atoms with Crippen molar-refractivity contribution in [1.82, 2.24) is 4.90 Å². The highest BCUT2D eigenvalue weighted by Gasteiger charge is 2.57. The summed E-state index contributed by atoms with van der Waals surface area (Å²) in [5.41, 5.74) is 3.04. The first kappa shape index (κ1) is 23.8. The predicted molar refractivity (Wildman–Crippen MR) is 133 cm³/mol. The summed E-state index contributed by atoms with van der Waals surface area (Å²) in [5, 5.41) is 10.6. The van der Waals surface area contributed by atoms with Crippen molar-refractivity contribution in [3.8, 4) is 5.75 Å². The fourth-order valence-corrected chi connectivity index (χ4v) is 5.96. The summed E-state index contributed by atoms with van der Waals surface area (Å²) in [7, 11) is -0.938. The number of hydrogen-bond acceptors (Lipinski definition) is 5. The van der Waals surface area contributed by atoms with Gasteiger partial charge in [0, 0.05) is 0 Å². The molecule has 35 heavy (non-hydrogen) atoms. The molecule has 3 aliphatic rings. The van der Waals surface area contributed by atoms with Crippen LogP contribution >= 0.6 is 0 Å². The fourth-order valence-electron chi connectivity index (χ4n) is 5.96. The van der Waals surface area contributed by atoms with Gasteiger partial charge in [-0.05, 0) is 53.9 Å². The molecule has 0 spiro atoms. The molecule has 0 unspecified atom stereocenters. The molecule has 182 valence electrons. The smallest absolute Gasteiger partial charge is 0.455 e. The summed E-state index contributed by atoms with van der Waals surface area (Å²) in [4.78, 5) is 28.6. The van der Waals surface area contributed by atoms with Gasteiger partial charge in [-0.25, -0.2) is 0 Å². The lowest BCUT2D eigenvalue weighted by Gasteiger charge is -2.43. The van der Waals surface area contributed by atoms with E-state index in [-0.39, 0.29) is 30.4 Å². The molecule has 1 N–H and O–H groups in total. The number of fused-ring (bicyclic) bond motifs is 3. The zero-order valence-electron chi connectivity index (χ0n) is 20.1. The largest absolute Gasteiger partial charge is 0.489 e. The molecular formula is C28H32BNO5. The lowest BCUT2D eigenvalue weighted by atomic mass is 9.58. The molecule has 7 heteroatoms. The summed E-state index contributed by atoms with van der Waals surface area (Å²) >= 11 is 0. The number of nitrogens with zero attached hydrogens (tertiary/aromatic N) is 1.